The van der Waals surface area contributed by atoms with Crippen LogP contribution in [0.5, 0.6) is 0 Å². The molecule has 0 spiro atoms. The molecule has 1 aromatic heterocycles. The molecular formula is C23H22N2O3. The molecule has 0 aliphatic carbocycles. The van der Waals surface area contributed by atoms with Crippen LogP contribution in [0.3, 0.4) is 0 Å². The SMILES string of the molecule is C[C@H](c1ccccc1)N(Cc1ccco1)C(=O)CN1Cc2ccccc2C1=O. The highest BCUT2D eigenvalue weighted by atomic mass is 16.3. The molecule has 2 heterocycles. The summed E-state index contributed by atoms with van der Waals surface area (Å²) >= 11 is 0. The predicted octanol–water partition coefficient (Wildman–Crippen LogP) is 4.03. The lowest BCUT2D eigenvalue weighted by atomic mass is 10.1. The number of carbonyl (C=O) groups excluding carboxylic acids is 2. The first-order valence-electron chi connectivity index (χ1n) is 9.37. The molecule has 28 heavy (non-hydrogen) atoms. The quantitative estimate of drug-likeness (QED) is 0.655. The van der Waals surface area contributed by atoms with Crippen molar-refractivity contribution in [1.29, 1.82) is 0 Å². The number of carbonyl (C=O) groups is 2. The zero-order chi connectivity index (χ0) is 19.5. The monoisotopic (exact) mass is 374 g/mol. The van der Waals surface area contributed by atoms with Crippen LogP contribution in [-0.4, -0.2) is 28.2 Å². The number of hydrogen-bond acceptors (Lipinski definition) is 3. The Hall–Kier alpha value is -3.34. The average Bonchev–Trinajstić information content (AvgIpc) is 3.35. The highest BCUT2D eigenvalue weighted by Crippen LogP contribution is 2.25. The lowest BCUT2D eigenvalue weighted by Crippen LogP contribution is -2.41. The molecule has 2 amide bonds. The van der Waals surface area contributed by atoms with E-state index < -0.39 is 0 Å². The van der Waals surface area contributed by atoms with Crippen molar-refractivity contribution in [2.75, 3.05) is 6.54 Å². The highest BCUT2D eigenvalue weighted by molar-refractivity contribution is 6.00. The van der Waals surface area contributed by atoms with E-state index in [0.29, 0.717) is 24.4 Å². The summed E-state index contributed by atoms with van der Waals surface area (Å²) in [6, 6.07) is 20.9. The lowest BCUT2D eigenvalue weighted by Gasteiger charge is -2.30. The van der Waals surface area contributed by atoms with E-state index in [9.17, 15) is 9.59 Å². The van der Waals surface area contributed by atoms with E-state index in [1.54, 1.807) is 16.1 Å². The van der Waals surface area contributed by atoms with E-state index in [1.807, 2.05) is 73.7 Å². The van der Waals surface area contributed by atoms with Gasteiger partial charge in [-0.05, 0) is 36.2 Å². The van der Waals surface area contributed by atoms with Crippen molar-refractivity contribution in [1.82, 2.24) is 9.80 Å². The van der Waals surface area contributed by atoms with Crippen LogP contribution in [0.25, 0.3) is 0 Å². The number of fused-ring (bicyclic) bond motifs is 1. The number of rotatable bonds is 6. The van der Waals surface area contributed by atoms with Crippen LogP contribution in [-0.2, 0) is 17.9 Å². The van der Waals surface area contributed by atoms with Crippen LogP contribution < -0.4 is 0 Å². The van der Waals surface area contributed by atoms with Crippen LogP contribution in [0.2, 0.25) is 0 Å². The van der Waals surface area contributed by atoms with E-state index >= 15 is 0 Å². The average molecular weight is 374 g/mol. The Morgan fingerprint density at radius 2 is 1.82 bits per heavy atom. The second-order valence-corrected chi connectivity index (χ2v) is 7.01. The van der Waals surface area contributed by atoms with Gasteiger partial charge < -0.3 is 14.2 Å². The highest BCUT2D eigenvalue weighted by Gasteiger charge is 2.31. The van der Waals surface area contributed by atoms with Crippen molar-refractivity contribution >= 4 is 11.8 Å². The summed E-state index contributed by atoms with van der Waals surface area (Å²) in [5, 5.41) is 0. The Bertz CT molecular complexity index is 967. The van der Waals surface area contributed by atoms with Crippen LogP contribution >= 0.6 is 0 Å². The number of furan rings is 1. The van der Waals surface area contributed by atoms with Gasteiger partial charge in [-0.2, -0.15) is 0 Å². The van der Waals surface area contributed by atoms with Crippen LogP contribution in [0, 0.1) is 0 Å². The normalized spacial score (nSPS) is 14.0. The summed E-state index contributed by atoms with van der Waals surface area (Å²) in [6.07, 6.45) is 1.60. The fourth-order valence-corrected chi connectivity index (χ4v) is 3.62. The summed E-state index contributed by atoms with van der Waals surface area (Å²) in [4.78, 5) is 29.3. The van der Waals surface area contributed by atoms with Gasteiger partial charge in [-0.3, -0.25) is 9.59 Å². The Morgan fingerprint density at radius 1 is 1.07 bits per heavy atom. The molecule has 0 saturated heterocycles. The third kappa shape index (κ3) is 3.56. The smallest absolute Gasteiger partial charge is 0.254 e. The van der Waals surface area contributed by atoms with Gasteiger partial charge in [-0.25, -0.2) is 0 Å². The molecule has 3 aromatic rings. The van der Waals surface area contributed by atoms with Crippen molar-refractivity contribution < 1.29 is 14.0 Å². The molecule has 0 unspecified atom stereocenters. The Morgan fingerprint density at radius 3 is 2.54 bits per heavy atom. The van der Waals surface area contributed by atoms with Crippen LogP contribution in [0.4, 0.5) is 0 Å². The fourth-order valence-electron chi connectivity index (χ4n) is 3.62. The van der Waals surface area contributed by atoms with Gasteiger partial charge in [0.25, 0.3) is 5.91 Å². The van der Waals surface area contributed by atoms with E-state index in [0.717, 1.165) is 11.1 Å². The van der Waals surface area contributed by atoms with Crippen LogP contribution in [0.15, 0.2) is 77.4 Å². The Kier molecular flexibility index (Phi) is 4.98. The predicted molar refractivity (Wildman–Crippen MR) is 105 cm³/mol. The molecule has 2 aromatic carbocycles. The third-order valence-electron chi connectivity index (χ3n) is 5.20. The Balaban J connectivity index is 1.54. The fraction of sp³-hybridized carbons (Fsp3) is 0.217. The van der Waals surface area contributed by atoms with Gasteiger partial charge in [-0.1, -0.05) is 48.5 Å². The molecule has 0 bridgehead atoms. The summed E-state index contributed by atoms with van der Waals surface area (Å²) < 4.78 is 5.47. The first-order valence-corrected chi connectivity index (χ1v) is 9.37. The molecule has 1 aliphatic rings. The van der Waals surface area contributed by atoms with Crippen molar-refractivity contribution in [3.8, 4) is 0 Å². The minimum absolute atomic E-state index is 0.0470. The molecule has 0 radical (unpaired) electrons. The largest absolute Gasteiger partial charge is 0.467 e. The van der Waals surface area contributed by atoms with Crippen molar-refractivity contribution in [3.63, 3.8) is 0 Å². The summed E-state index contributed by atoms with van der Waals surface area (Å²) in [6.45, 7) is 2.87. The summed E-state index contributed by atoms with van der Waals surface area (Å²) in [5.74, 6) is 0.523. The maximum absolute atomic E-state index is 13.2. The Labute approximate surface area is 164 Å². The van der Waals surface area contributed by atoms with Gasteiger partial charge >= 0.3 is 0 Å². The summed E-state index contributed by atoms with van der Waals surface area (Å²) in [7, 11) is 0. The molecule has 0 saturated carbocycles. The molecule has 0 fully saturated rings. The molecule has 142 valence electrons. The minimum Gasteiger partial charge on any atom is -0.467 e. The van der Waals surface area contributed by atoms with Crippen molar-refractivity contribution in [2.45, 2.75) is 26.1 Å². The molecule has 1 atom stereocenters. The minimum atomic E-state index is -0.140. The molecule has 1 aliphatic heterocycles. The van der Waals surface area contributed by atoms with Gasteiger partial charge in [0.05, 0.1) is 18.8 Å². The van der Waals surface area contributed by atoms with Gasteiger partial charge in [0.2, 0.25) is 5.91 Å². The second kappa shape index (κ2) is 7.72. The zero-order valence-electron chi connectivity index (χ0n) is 15.7. The van der Waals surface area contributed by atoms with Crippen LogP contribution in [0.1, 0.15) is 40.2 Å². The molecule has 5 nitrogen and oxygen atoms in total. The maximum Gasteiger partial charge on any atom is 0.254 e. The first kappa shape index (κ1) is 18.0. The standard InChI is InChI=1S/C23H22N2O3/c1-17(18-8-3-2-4-9-18)25(15-20-11-7-13-28-20)22(26)16-24-14-19-10-5-6-12-21(19)23(24)27/h2-13,17H,14-16H2,1H3/t17-/m1/s1. The molecule has 4 rings (SSSR count). The van der Waals surface area contributed by atoms with Gasteiger partial charge in [0.1, 0.15) is 12.3 Å². The zero-order valence-corrected chi connectivity index (χ0v) is 15.7. The molecule has 5 heteroatoms. The number of amides is 2. The van der Waals surface area contributed by atoms with E-state index in [-0.39, 0.29) is 24.4 Å². The number of benzene rings is 2. The molecular weight excluding hydrogens is 352 g/mol. The molecule has 0 N–H and O–H groups in total. The summed E-state index contributed by atoms with van der Waals surface area (Å²) in [5.41, 5.74) is 2.69. The van der Waals surface area contributed by atoms with Gasteiger partial charge in [0.15, 0.2) is 0 Å². The third-order valence-corrected chi connectivity index (χ3v) is 5.20. The van der Waals surface area contributed by atoms with E-state index in [1.165, 1.54) is 0 Å². The number of hydrogen-bond donors (Lipinski definition) is 0. The first-order chi connectivity index (χ1) is 13.6. The van der Waals surface area contributed by atoms with Gasteiger partial charge in [-0.15, -0.1) is 0 Å². The van der Waals surface area contributed by atoms with Gasteiger partial charge in [0, 0.05) is 12.1 Å². The lowest BCUT2D eigenvalue weighted by molar-refractivity contribution is -0.135. The number of nitrogens with zero attached hydrogens (tertiary/aromatic N) is 2. The second-order valence-electron chi connectivity index (χ2n) is 7.01. The topological polar surface area (TPSA) is 53.8 Å². The van der Waals surface area contributed by atoms with Crippen molar-refractivity contribution in [3.05, 3.63) is 95.4 Å². The van der Waals surface area contributed by atoms with E-state index in [4.69, 9.17) is 4.42 Å². The van der Waals surface area contributed by atoms with Crippen molar-refractivity contribution in [2.24, 2.45) is 0 Å². The van der Waals surface area contributed by atoms with E-state index in [2.05, 4.69) is 0 Å². The maximum atomic E-state index is 13.2.